The van der Waals surface area contributed by atoms with E-state index in [4.69, 9.17) is 4.74 Å². The number of nitrogens with zero attached hydrogens (tertiary/aromatic N) is 1. The number of hydrogen-bond donors (Lipinski definition) is 1. The molecule has 208 valence electrons. The van der Waals surface area contributed by atoms with Crippen molar-refractivity contribution in [3.63, 3.8) is 0 Å². The lowest BCUT2D eigenvalue weighted by molar-refractivity contribution is -0.126. The van der Waals surface area contributed by atoms with Gasteiger partial charge in [-0.25, -0.2) is 4.79 Å². The number of hydrogen-bond acceptors (Lipinski definition) is 5. The Kier molecular flexibility index (Phi) is 7.03. The first kappa shape index (κ1) is 28.6. The van der Waals surface area contributed by atoms with Gasteiger partial charge in [-0.2, -0.15) is 5.26 Å². The van der Waals surface area contributed by atoms with E-state index >= 15 is 0 Å². The Morgan fingerprint density at radius 2 is 1.79 bits per heavy atom. The molecule has 1 N–H and O–H groups in total. The molecule has 4 rings (SSSR count). The predicted octanol–water partition coefficient (Wildman–Crippen LogP) is 6.70. The number of alkyl carbamates (subject to hydrolysis) is 1. The maximum atomic E-state index is 13.4. The number of ketones is 2. The zero-order valence-corrected chi connectivity index (χ0v) is 24.6. The van der Waals surface area contributed by atoms with Gasteiger partial charge < -0.3 is 10.1 Å². The SMILES string of the molecule is COC(=O)N[C@]1(CC[C@]2(C)CC(=O)C=C3[C@@]4(C)C=C(C#N)C(=O)[C@@H](C)[C@@H]4CC[C@]32C)CCC(C)(C)CC1C. The lowest BCUT2D eigenvalue weighted by Crippen LogP contribution is -2.59. The van der Waals surface area contributed by atoms with Crippen LogP contribution in [-0.4, -0.2) is 30.3 Å². The largest absolute Gasteiger partial charge is 0.453 e. The fraction of sp³-hybridized carbons (Fsp3) is 0.750. The molecule has 2 fully saturated rings. The van der Waals surface area contributed by atoms with Crippen molar-refractivity contribution in [3.05, 3.63) is 23.3 Å². The highest BCUT2D eigenvalue weighted by Crippen LogP contribution is 2.67. The Bertz CT molecular complexity index is 1140. The van der Waals surface area contributed by atoms with Gasteiger partial charge >= 0.3 is 6.09 Å². The summed E-state index contributed by atoms with van der Waals surface area (Å²) >= 11 is 0. The highest BCUT2D eigenvalue weighted by Gasteiger charge is 2.61. The van der Waals surface area contributed by atoms with E-state index in [1.807, 2.05) is 19.1 Å². The first-order valence-corrected chi connectivity index (χ1v) is 14.4. The van der Waals surface area contributed by atoms with E-state index in [-0.39, 0.29) is 56.7 Å². The van der Waals surface area contributed by atoms with Gasteiger partial charge in [-0.1, -0.05) is 60.1 Å². The van der Waals surface area contributed by atoms with E-state index in [2.05, 4.69) is 52.9 Å². The average Bonchev–Trinajstić information content (AvgIpc) is 2.84. The van der Waals surface area contributed by atoms with Crippen LogP contribution in [0, 0.1) is 50.7 Å². The minimum Gasteiger partial charge on any atom is -0.453 e. The molecule has 7 atom stereocenters. The standard InChI is InChI=1S/C32H46N2O4/c1-20-16-28(3,4)11-13-32(20,34-27(37)38-8)14-12-29(5)18-23(35)15-25-30(6)17-22(19-33)26(36)21(2)24(30)9-10-31(25,29)7/h15,17,20-21,24H,9-14,16,18H2,1-8H3,(H,34,37)/t20?,21-,24-,29+,30-,31+,32-/m0/s1. The Labute approximate surface area is 228 Å². The van der Waals surface area contributed by atoms with E-state index < -0.39 is 11.5 Å². The van der Waals surface area contributed by atoms with Gasteiger partial charge in [-0.15, -0.1) is 0 Å². The van der Waals surface area contributed by atoms with Crippen LogP contribution in [0.2, 0.25) is 0 Å². The summed E-state index contributed by atoms with van der Waals surface area (Å²) in [7, 11) is 1.41. The van der Waals surface area contributed by atoms with E-state index in [9.17, 15) is 19.6 Å². The van der Waals surface area contributed by atoms with Crippen molar-refractivity contribution in [2.45, 2.75) is 105 Å². The zero-order valence-electron chi connectivity index (χ0n) is 24.6. The smallest absolute Gasteiger partial charge is 0.407 e. The van der Waals surface area contributed by atoms with Crippen LogP contribution >= 0.6 is 0 Å². The maximum Gasteiger partial charge on any atom is 0.407 e. The quantitative estimate of drug-likeness (QED) is 0.443. The highest BCUT2D eigenvalue weighted by molar-refractivity contribution is 6.02. The van der Waals surface area contributed by atoms with E-state index in [1.54, 1.807) is 0 Å². The summed E-state index contributed by atoms with van der Waals surface area (Å²) in [5.74, 6) is 0.151. The number of methoxy groups -OCH3 is 1. The summed E-state index contributed by atoms with van der Waals surface area (Å²) in [5, 5.41) is 13.0. The molecule has 1 unspecified atom stereocenters. The number of nitriles is 1. The first-order chi connectivity index (χ1) is 17.6. The summed E-state index contributed by atoms with van der Waals surface area (Å²) in [6.45, 7) is 15.4. The first-order valence-electron chi connectivity index (χ1n) is 14.4. The fourth-order valence-electron chi connectivity index (χ4n) is 8.92. The molecular weight excluding hydrogens is 476 g/mol. The van der Waals surface area contributed by atoms with Gasteiger partial charge in [0, 0.05) is 23.3 Å². The molecule has 0 aromatic rings. The Hall–Kier alpha value is -2.42. The van der Waals surface area contributed by atoms with Crippen molar-refractivity contribution < 1.29 is 19.1 Å². The van der Waals surface area contributed by atoms with Crippen LogP contribution in [-0.2, 0) is 14.3 Å². The number of amides is 1. The van der Waals surface area contributed by atoms with Crippen molar-refractivity contribution >= 4 is 17.7 Å². The number of nitrogens with one attached hydrogen (secondary N) is 1. The van der Waals surface area contributed by atoms with Crippen LogP contribution in [0.25, 0.3) is 0 Å². The molecule has 4 aliphatic carbocycles. The van der Waals surface area contributed by atoms with Gasteiger partial charge in [0.25, 0.3) is 0 Å². The molecule has 1 amide bonds. The van der Waals surface area contributed by atoms with Crippen LogP contribution in [0.3, 0.4) is 0 Å². The molecule has 6 heteroatoms. The Balaban J connectivity index is 1.71. The van der Waals surface area contributed by atoms with Crippen molar-refractivity contribution in [2.24, 2.45) is 39.4 Å². The van der Waals surface area contributed by atoms with Crippen molar-refractivity contribution in [1.82, 2.24) is 5.32 Å². The topological polar surface area (TPSA) is 96.3 Å². The predicted molar refractivity (Wildman–Crippen MR) is 147 cm³/mol. The van der Waals surface area contributed by atoms with Crippen LogP contribution in [0.1, 0.15) is 99.8 Å². The molecule has 4 aliphatic rings. The summed E-state index contributed by atoms with van der Waals surface area (Å²) < 4.78 is 5.06. The van der Waals surface area contributed by atoms with E-state index in [0.29, 0.717) is 6.42 Å². The Morgan fingerprint density at radius 3 is 2.39 bits per heavy atom. The summed E-state index contributed by atoms with van der Waals surface area (Å²) in [6.07, 6.45) is 10.1. The summed E-state index contributed by atoms with van der Waals surface area (Å²) in [4.78, 5) is 38.8. The molecule has 0 bridgehead atoms. The number of ether oxygens (including phenoxy) is 1. The molecule has 0 saturated heterocycles. The summed E-state index contributed by atoms with van der Waals surface area (Å²) in [5.41, 5.74) is 0.0684. The highest BCUT2D eigenvalue weighted by atomic mass is 16.5. The van der Waals surface area contributed by atoms with Gasteiger partial charge in [0.2, 0.25) is 0 Å². The third-order valence-electron chi connectivity index (χ3n) is 11.7. The van der Waals surface area contributed by atoms with Crippen LogP contribution in [0.5, 0.6) is 0 Å². The van der Waals surface area contributed by atoms with Crippen molar-refractivity contribution in [1.29, 1.82) is 5.26 Å². The fourth-order valence-corrected chi connectivity index (χ4v) is 8.92. The second-order valence-corrected chi connectivity index (χ2v) is 14.4. The van der Waals surface area contributed by atoms with Crippen molar-refractivity contribution in [2.75, 3.05) is 7.11 Å². The molecule has 0 heterocycles. The minimum atomic E-state index is -0.507. The maximum absolute atomic E-state index is 13.4. The molecule has 0 spiro atoms. The van der Waals surface area contributed by atoms with Gasteiger partial charge in [0.1, 0.15) is 6.07 Å². The van der Waals surface area contributed by atoms with E-state index in [0.717, 1.165) is 50.5 Å². The van der Waals surface area contributed by atoms with Gasteiger partial charge in [0.15, 0.2) is 11.6 Å². The third-order valence-corrected chi connectivity index (χ3v) is 11.7. The molecule has 0 aromatic heterocycles. The molecular formula is C32H46N2O4. The molecule has 0 aromatic carbocycles. The number of fused-ring (bicyclic) bond motifs is 3. The molecule has 0 radical (unpaired) electrons. The number of carbonyl (C=O) groups is 3. The monoisotopic (exact) mass is 522 g/mol. The lowest BCUT2D eigenvalue weighted by atomic mass is 9.42. The normalized spacial score (nSPS) is 42.1. The molecule has 6 nitrogen and oxygen atoms in total. The Morgan fingerprint density at radius 1 is 1.11 bits per heavy atom. The third kappa shape index (κ3) is 4.34. The van der Waals surface area contributed by atoms with Crippen LogP contribution < -0.4 is 5.32 Å². The van der Waals surface area contributed by atoms with Gasteiger partial charge in [-0.05, 0) is 79.1 Å². The minimum absolute atomic E-state index is 0.0749. The van der Waals surface area contributed by atoms with Gasteiger partial charge in [0.05, 0.1) is 12.7 Å². The van der Waals surface area contributed by atoms with Crippen molar-refractivity contribution in [3.8, 4) is 6.07 Å². The molecule has 2 saturated carbocycles. The van der Waals surface area contributed by atoms with Gasteiger partial charge in [-0.3, -0.25) is 9.59 Å². The number of carbonyl (C=O) groups excluding carboxylic acids is 3. The summed E-state index contributed by atoms with van der Waals surface area (Å²) in [6, 6.07) is 2.14. The number of allylic oxidation sites excluding steroid dienone is 4. The number of Topliss-reactive ketones (excluding diaryl/α,β-unsaturated/α-hetero) is 1. The molecule has 38 heavy (non-hydrogen) atoms. The molecule has 0 aliphatic heterocycles. The second kappa shape index (κ2) is 9.35. The van der Waals surface area contributed by atoms with Crippen LogP contribution in [0.15, 0.2) is 23.3 Å². The van der Waals surface area contributed by atoms with E-state index in [1.165, 1.54) is 7.11 Å². The lowest BCUT2D eigenvalue weighted by Gasteiger charge is -2.62. The zero-order chi connectivity index (χ0) is 28.3. The average molecular weight is 523 g/mol. The number of rotatable bonds is 4. The second-order valence-electron chi connectivity index (χ2n) is 14.4. The van der Waals surface area contributed by atoms with Crippen LogP contribution in [0.4, 0.5) is 4.79 Å².